The molecule has 0 radical (unpaired) electrons. The maximum absolute atomic E-state index is 10.0. The second kappa shape index (κ2) is 35.3. The summed E-state index contributed by atoms with van der Waals surface area (Å²) in [5.41, 5.74) is 0. The first-order valence-electron chi connectivity index (χ1n) is 19.5. The molecule has 276 valence electrons. The highest BCUT2D eigenvalue weighted by atomic mass is 31.2. The van der Waals surface area contributed by atoms with Crippen molar-refractivity contribution in [2.24, 2.45) is 0 Å². The van der Waals surface area contributed by atoms with E-state index < -0.39 is 7.82 Å². The van der Waals surface area contributed by atoms with Crippen molar-refractivity contribution in [1.29, 1.82) is 0 Å². The largest absolute Gasteiger partial charge is 0.790 e. The van der Waals surface area contributed by atoms with E-state index in [4.69, 9.17) is 0 Å². The Morgan fingerprint density at radius 2 is 0.622 bits per heavy atom. The molecule has 0 spiro atoms. The summed E-state index contributed by atoms with van der Waals surface area (Å²) in [5.74, 6) is 0. The monoisotopic (exact) mass is 665 g/mol. The highest BCUT2D eigenvalue weighted by Gasteiger charge is 2.06. The molecule has 7 heteroatoms. The summed E-state index contributed by atoms with van der Waals surface area (Å²) < 4.78 is 16.3. The number of quaternary nitrogens is 2. The Morgan fingerprint density at radius 3 is 0.844 bits per heavy atom. The van der Waals surface area contributed by atoms with Crippen LogP contribution in [0.25, 0.3) is 0 Å². The molecule has 0 aliphatic heterocycles. The van der Waals surface area contributed by atoms with E-state index in [-0.39, 0.29) is 6.61 Å². The molecular formula is C38H85N2O4P. The van der Waals surface area contributed by atoms with E-state index in [0.717, 1.165) is 21.8 Å². The third-order valence-corrected chi connectivity index (χ3v) is 8.61. The van der Waals surface area contributed by atoms with Crippen LogP contribution in [0.4, 0.5) is 0 Å². The topological polar surface area (TPSA) is 72.4 Å². The Bertz CT molecular complexity index is 566. The van der Waals surface area contributed by atoms with Crippen LogP contribution in [0.5, 0.6) is 0 Å². The fourth-order valence-corrected chi connectivity index (χ4v) is 5.56. The molecule has 0 amide bonds. The molecule has 0 N–H and O–H groups in total. The first-order chi connectivity index (χ1) is 21.2. The molecule has 6 nitrogen and oxygen atoms in total. The Morgan fingerprint density at radius 1 is 0.400 bits per heavy atom. The summed E-state index contributed by atoms with van der Waals surface area (Å²) in [6.07, 6.45) is 35.0. The Hall–Kier alpha value is 0.0300. The van der Waals surface area contributed by atoms with Gasteiger partial charge in [-0.2, -0.15) is 0 Å². The Balaban J connectivity index is -0.000000592. The smallest absolute Gasteiger partial charge is 0.0780 e. The lowest BCUT2D eigenvalue weighted by Gasteiger charge is -2.28. The average Bonchev–Trinajstić information content (AvgIpc) is 2.93. The lowest BCUT2D eigenvalue weighted by atomic mass is 10.1. The van der Waals surface area contributed by atoms with Crippen LogP contribution in [0.2, 0.25) is 0 Å². The van der Waals surface area contributed by atoms with Crippen molar-refractivity contribution in [3.63, 3.8) is 0 Å². The summed E-state index contributed by atoms with van der Waals surface area (Å²) >= 11 is 0. The number of hydrogen-bond donors (Lipinski definition) is 0. The predicted molar refractivity (Wildman–Crippen MR) is 196 cm³/mol. The molecule has 0 saturated carbocycles. The van der Waals surface area contributed by atoms with Crippen LogP contribution in [0, 0.1) is 0 Å². The van der Waals surface area contributed by atoms with Gasteiger partial charge in [0.2, 0.25) is 0 Å². The number of nitrogens with zero attached hydrogens (tertiary/aromatic N) is 2. The van der Waals surface area contributed by atoms with Gasteiger partial charge in [0.25, 0.3) is 0 Å². The Kier molecular flexibility index (Phi) is 38.8. The van der Waals surface area contributed by atoms with Crippen molar-refractivity contribution < 1.29 is 27.8 Å². The molecule has 0 aromatic carbocycles. The molecule has 0 bridgehead atoms. The summed E-state index contributed by atoms with van der Waals surface area (Å²) in [7, 11) is 8.99. The van der Waals surface area contributed by atoms with Gasteiger partial charge in [-0.15, -0.1) is 0 Å². The summed E-state index contributed by atoms with van der Waals surface area (Å²) in [5, 5.41) is 0. The van der Waals surface area contributed by atoms with Crippen LogP contribution in [0.1, 0.15) is 188 Å². The maximum Gasteiger partial charge on any atom is 0.0780 e. The molecule has 0 heterocycles. The fraction of sp³-hybridized carbons (Fsp3) is 1.00. The van der Waals surface area contributed by atoms with Crippen LogP contribution < -0.4 is 9.79 Å². The molecular weight excluding hydrogens is 579 g/mol. The zero-order valence-electron chi connectivity index (χ0n) is 32.5. The third kappa shape index (κ3) is 59.9. The second-order valence-corrected chi connectivity index (χ2v) is 16.6. The fourth-order valence-electron chi connectivity index (χ4n) is 5.21. The van der Waals surface area contributed by atoms with E-state index in [1.807, 2.05) is 0 Å². The molecule has 0 aliphatic carbocycles. The van der Waals surface area contributed by atoms with E-state index in [1.54, 1.807) is 0 Å². The van der Waals surface area contributed by atoms with Gasteiger partial charge in [0.15, 0.2) is 0 Å². The molecule has 0 aromatic rings. The van der Waals surface area contributed by atoms with Gasteiger partial charge in [0.1, 0.15) is 0 Å². The third-order valence-electron chi connectivity index (χ3n) is 8.11. The average molecular weight is 665 g/mol. The first kappa shape index (κ1) is 49.4. The normalized spacial score (nSPS) is 12.0. The number of phosphoric acid groups is 1. The van der Waals surface area contributed by atoms with Crippen molar-refractivity contribution >= 4 is 7.82 Å². The van der Waals surface area contributed by atoms with Crippen LogP contribution in [0.15, 0.2) is 0 Å². The predicted octanol–water partition coefficient (Wildman–Crippen LogP) is 10.4. The molecule has 0 atom stereocenters. The Labute approximate surface area is 284 Å². The SMILES string of the molecule is CCCCCCCCCCCC[N+](C)(C)C.CCCCCCCCCCCC[N+](C)(C)C.CCCCCCCCOP(=O)([O-])[O-]. The molecule has 0 unspecified atom stereocenters. The molecule has 45 heavy (non-hydrogen) atoms. The van der Waals surface area contributed by atoms with Crippen LogP contribution >= 0.6 is 7.82 Å². The van der Waals surface area contributed by atoms with E-state index in [0.29, 0.717) is 6.42 Å². The minimum absolute atomic E-state index is 0.0381. The van der Waals surface area contributed by atoms with E-state index >= 15 is 0 Å². The molecule has 0 rings (SSSR count). The molecule has 0 aliphatic rings. The van der Waals surface area contributed by atoms with E-state index in [9.17, 15) is 14.4 Å². The molecule has 0 saturated heterocycles. The lowest BCUT2D eigenvalue weighted by molar-refractivity contribution is -0.870. The summed E-state index contributed by atoms with van der Waals surface area (Å²) in [6.45, 7) is 9.40. The van der Waals surface area contributed by atoms with Crippen LogP contribution in [-0.4, -0.2) is 70.9 Å². The van der Waals surface area contributed by atoms with Gasteiger partial charge in [-0.05, 0) is 32.1 Å². The number of rotatable bonds is 30. The van der Waals surface area contributed by atoms with Crippen molar-refractivity contribution in [1.82, 2.24) is 0 Å². The standard InChI is InChI=1S/2C15H34N.C8H19O4P/c2*1-5-6-7-8-9-10-11-12-13-14-15-16(2,3)4;1-2-3-4-5-6-7-8-12-13(9,10)11/h2*5-15H2,1-4H3;2-8H2,1H3,(H2,9,10,11)/q2*+1;/p-2. The van der Waals surface area contributed by atoms with Gasteiger partial charge in [-0.3, -0.25) is 0 Å². The number of unbranched alkanes of at least 4 members (excludes halogenated alkanes) is 23. The van der Waals surface area contributed by atoms with Gasteiger partial charge < -0.3 is 27.8 Å². The van der Waals surface area contributed by atoms with E-state index in [1.165, 1.54) is 161 Å². The van der Waals surface area contributed by atoms with Gasteiger partial charge >= 0.3 is 0 Å². The van der Waals surface area contributed by atoms with Crippen LogP contribution in [0.3, 0.4) is 0 Å². The number of phosphoric ester groups is 1. The van der Waals surface area contributed by atoms with Crippen molar-refractivity contribution in [3.8, 4) is 0 Å². The highest BCUT2D eigenvalue weighted by Crippen LogP contribution is 2.24. The zero-order valence-corrected chi connectivity index (χ0v) is 33.4. The summed E-state index contributed by atoms with van der Waals surface area (Å²) in [4.78, 5) is 20.0. The van der Waals surface area contributed by atoms with Crippen molar-refractivity contribution in [2.45, 2.75) is 188 Å². The van der Waals surface area contributed by atoms with Crippen LogP contribution in [-0.2, 0) is 9.09 Å². The first-order valence-corrected chi connectivity index (χ1v) is 20.9. The highest BCUT2D eigenvalue weighted by molar-refractivity contribution is 7.43. The lowest BCUT2D eigenvalue weighted by Crippen LogP contribution is -2.35. The van der Waals surface area contributed by atoms with Gasteiger partial charge in [0.05, 0.1) is 69.8 Å². The van der Waals surface area contributed by atoms with Crippen molar-refractivity contribution in [2.75, 3.05) is 62.0 Å². The second-order valence-electron chi connectivity index (χ2n) is 15.4. The zero-order chi connectivity index (χ0) is 34.7. The summed E-state index contributed by atoms with van der Waals surface area (Å²) in [6, 6.07) is 0. The minimum atomic E-state index is -4.73. The number of hydrogen-bond acceptors (Lipinski definition) is 4. The molecule has 0 fully saturated rings. The quantitative estimate of drug-likeness (QED) is 0.0435. The minimum Gasteiger partial charge on any atom is -0.790 e. The van der Waals surface area contributed by atoms with Gasteiger partial charge in [-0.25, -0.2) is 0 Å². The van der Waals surface area contributed by atoms with Gasteiger partial charge in [-0.1, -0.05) is 156 Å². The molecule has 0 aromatic heterocycles. The van der Waals surface area contributed by atoms with Gasteiger partial charge in [0, 0.05) is 0 Å². The van der Waals surface area contributed by atoms with Crippen molar-refractivity contribution in [3.05, 3.63) is 0 Å². The maximum atomic E-state index is 10.0. The van der Waals surface area contributed by atoms with E-state index in [2.05, 4.69) is 67.6 Å².